The van der Waals surface area contributed by atoms with Crippen LogP contribution in [0.4, 0.5) is 10.1 Å². The summed E-state index contributed by atoms with van der Waals surface area (Å²) in [5.41, 5.74) is 1.07. The third-order valence-electron chi connectivity index (χ3n) is 5.66. The molecule has 3 heterocycles. The summed E-state index contributed by atoms with van der Waals surface area (Å²) in [4.78, 5) is 9.45. The summed E-state index contributed by atoms with van der Waals surface area (Å²) in [5, 5.41) is 12.2. The maximum Gasteiger partial charge on any atom is 0.194 e. The predicted octanol–water partition coefficient (Wildman–Crippen LogP) is 3.05. The van der Waals surface area contributed by atoms with Crippen LogP contribution in [-0.4, -0.2) is 58.3 Å². The second-order valence-corrected chi connectivity index (χ2v) is 7.62. The fraction of sp³-hybridized carbons (Fsp3) is 0.571. The third-order valence-corrected chi connectivity index (χ3v) is 5.66. The first-order valence-corrected chi connectivity index (χ1v) is 10.7. The van der Waals surface area contributed by atoms with E-state index in [-0.39, 0.29) is 29.8 Å². The van der Waals surface area contributed by atoms with Crippen LogP contribution in [-0.2, 0) is 19.5 Å². The molecule has 0 bridgehead atoms. The van der Waals surface area contributed by atoms with Gasteiger partial charge in [0, 0.05) is 51.4 Å². The molecule has 1 fully saturated rings. The van der Waals surface area contributed by atoms with E-state index in [1.54, 1.807) is 0 Å². The molecule has 7 nitrogen and oxygen atoms in total. The maximum absolute atomic E-state index is 13.2. The lowest BCUT2D eigenvalue weighted by atomic mass is 10.2. The predicted molar refractivity (Wildman–Crippen MR) is 128 cm³/mol. The Kier molecular flexibility index (Phi) is 8.29. The van der Waals surface area contributed by atoms with Crippen LogP contribution >= 0.6 is 24.0 Å². The van der Waals surface area contributed by atoms with Gasteiger partial charge < -0.3 is 19.7 Å². The van der Waals surface area contributed by atoms with Gasteiger partial charge in [-0.2, -0.15) is 0 Å². The Bertz CT molecular complexity index is 828. The molecular weight excluding hydrogens is 496 g/mol. The zero-order valence-electron chi connectivity index (χ0n) is 17.6. The number of rotatable bonds is 4. The molecule has 2 aromatic rings. The molecule has 0 amide bonds. The normalized spacial score (nSPS) is 17.2. The Morgan fingerprint density at radius 3 is 2.53 bits per heavy atom. The molecule has 4 rings (SSSR count). The number of halogens is 2. The zero-order valence-corrected chi connectivity index (χ0v) is 19.9. The number of aliphatic imine (C=N–C) groups is 1. The van der Waals surface area contributed by atoms with E-state index in [4.69, 9.17) is 4.99 Å². The minimum absolute atomic E-state index is 0. The molecule has 1 saturated heterocycles. The van der Waals surface area contributed by atoms with Gasteiger partial charge >= 0.3 is 0 Å². The van der Waals surface area contributed by atoms with Crippen molar-refractivity contribution in [1.29, 1.82) is 0 Å². The van der Waals surface area contributed by atoms with Gasteiger partial charge in [-0.15, -0.1) is 34.2 Å². The van der Waals surface area contributed by atoms with E-state index in [2.05, 4.69) is 36.8 Å². The summed E-state index contributed by atoms with van der Waals surface area (Å²) >= 11 is 0. The number of piperazine rings is 1. The smallest absolute Gasteiger partial charge is 0.194 e. The summed E-state index contributed by atoms with van der Waals surface area (Å²) in [6.45, 7) is 7.99. The van der Waals surface area contributed by atoms with E-state index < -0.39 is 0 Å². The molecule has 1 aromatic carbocycles. The van der Waals surface area contributed by atoms with Crippen LogP contribution in [0.2, 0.25) is 0 Å². The topological polar surface area (TPSA) is 61.6 Å². The van der Waals surface area contributed by atoms with Gasteiger partial charge in [0.2, 0.25) is 0 Å². The molecule has 2 aliphatic rings. The first-order chi connectivity index (χ1) is 14.2. The van der Waals surface area contributed by atoms with Gasteiger partial charge in [-0.05, 0) is 44.0 Å². The highest BCUT2D eigenvalue weighted by Crippen LogP contribution is 2.18. The number of aryl methyl sites for hydroxylation is 1. The van der Waals surface area contributed by atoms with Crippen LogP contribution < -0.4 is 10.2 Å². The van der Waals surface area contributed by atoms with E-state index >= 15 is 0 Å². The van der Waals surface area contributed by atoms with Crippen LogP contribution in [0.1, 0.15) is 37.8 Å². The second-order valence-electron chi connectivity index (χ2n) is 7.62. The van der Waals surface area contributed by atoms with E-state index in [9.17, 15) is 4.39 Å². The van der Waals surface area contributed by atoms with E-state index in [0.29, 0.717) is 6.54 Å². The Morgan fingerprint density at radius 2 is 1.80 bits per heavy atom. The number of hydrogen-bond donors (Lipinski definition) is 1. The third kappa shape index (κ3) is 5.41. The van der Waals surface area contributed by atoms with Crippen LogP contribution in [0, 0.1) is 5.82 Å². The molecule has 0 unspecified atom stereocenters. The summed E-state index contributed by atoms with van der Waals surface area (Å²) in [5.74, 6) is 2.80. The molecular formula is C21H31FIN7. The Balaban J connectivity index is 0.00000256. The number of anilines is 1. The lowest BCUT2D eigenvalue weighted by molar-refractivity contribution is 0.372. The van der Waals surface area contributed by atoms with Crippen molar-refractivity contribution in [1.82, 2.24) is 25.0 Å². The molecule has 164 valence electrons. The molecule has 0 atom stereocenters. The Hall–Kier alpha value is -1.91. The summed E-state index contributed by atoms with van der Waals surface area (Å²) < 4.78 is 15.4. The van der Waals surface area contributed by atoms with E-state index in [1.807, 2.05) is 12.1 Å². The molecule has 0 radical (unpaired) electrons. The second kappa shape index (κ2) is 10.9. The maximum atomic E-state index is 13.2. The zero-order chi connectivity index (χ0) is 20.1. The SMILES string of the molecule is CCNC(=NCc1nnc2n1CCCCC2)N1CCN(c2ccc(F)cc2)CC1.I. The molecule has 0 aliphatic carbocycles. The minimum Gasteiger partial charge on any atom is -0.368 e. The number of benzene rings is 1. The number of nitrogens with one attached hydrogen (secondary N) is 1. The molecule has 9 heteroatoms. The van der Waals surface area contributed by atoms with Gasteiger partial charge in [-0.3, -0.25) is 0 Å². The van der Waals surface area contributed by atoms with Crippen molar-refractivity contribution >= 4 is 35.6 Å². The number of nitrogens with zero attached hydrogens (tertiary/aromatic N) is 6. The lowest BCUT2D eigenvalue weighted by Gasteiger charge is -2.37. The van der Waals surface area contributed by atoms with Gasteiger partial charge in [0.25, 0.3) is 0 Å². The van der Waals surface area contributed by atoms with Gasteiger partial charge in [0.1, 0.15) is 18.2 Å². The molecule has 1 aromatic heterocycles. The van der Waals surface area contributed by atoms with Gasteiger partial charge in [-0.1, -0.05) is 6.42 Å². The van der Waals surface area contributed by atoms with Crippen molar-refractivity contribution in [3.05, 3.63) is 41.7 Å². The van der Waals surface area contributed by atoms with Gasteiger partial charge in [0.05, 0.1) is 0 Å². The van der Waals surface area contributed by atoms with Crippen molar-refractivity contribution in [3.8, 4) is 0 Å². The van der Waals surface area contributed by atoms with Crippen molar-refractivity contribution in [3.63, 3.8) is 0 Å². The Labute approximate surface area is 194 Å². The minimum atomic E-state index is -0.194. The fourth-order valence-electron chi connectivity index (χ4n) is 4.06. The quantitative estimate of drug-likeness (QED) is 0.377. The highest BCUT2D eigenvalue weighted by Gasteiger charge is 2.20. The van der Waals surface area contributed by atoms with Crippen LogP contribution in [0.3, 0.4) is 0 Å². The molecule has 30 heavy (non-hydrogen) atoms. The largest absolute Gasteiger partial charge is 0.368 e. The van der Waals surface area contributed by atoms with Crippen LogP contribution in [0.5, 0.6) is 0 Å². The van der Waals surface area contributed by atoms with Crippen LogP contribution in [0.25, 0.3) is 0 Å². The van der Waals surface area contributed by atoms with Crippen molar-refractivity contribution in [2.45, 2.75) is 45.7 Å². The standard InChI is InChI=1S/C21H30FN7.HI/c1-2-23-21(24-16-20-26-25-19-6-4-3-5-11-29(19)20)28-14-12-27(13-15-28)18-9-7-17(22)8-10-18;/h7-10H,2-6,11-16H2,1H3,(H,23,24);1H. The first-order valence-electron chi connectivity index (χ1n) is 10.7. The van der Waals surface area contributed by atoms with E-state index in [1.165, 1.54) is 31.4 Å². The Morgan fingerprint density at radius 1 is 1.03 bits per heavy atom. The molecule has 1 N–H and O–H groups in total. The fourth-order valence-corrected chi connectivity index (χ4v) is 4.06. The average Bonchev–Trinajstić information content (AvgIpc) is 2.98. The van der Waals surface area contributed by atoms with Crippen LogP contribution in [0.15, 0.2) is 29.3 Å². The van der Waals surface area contributed by atoms with Crippen molar-refractivity contribution < 1.29 is 4.39 Å². The number of guanidine groups is 1. The number of hydrogen-bond acceptors (Lipinski definition) is 4. The monoisotopic (exact) mass is 527 g/mol. The molecule has 2 aliphatic heterocycles. The van der Waals surface area contributed by atoms with E-state index in [0.717, 1.165) is 69.0 Å². The summed E-state index contributed by atoms with van der Waals surface area (Å²) in [6, 6.07) is 6.74. The van der Waals surface area contributed by atoms with Gasteiger partial charge in [-0.25, -0.2) is 9.38 Å². The van der Waals surface area contributed by atoms with Crippen molar-refractivity contribution in [2.75, 3.05) is 37.6 Å². The molecule has 0 spiro atoms. The number of fused-ring (bicyclic) bond motifs is 1. The highest BCUT2D eigenvalue weighted by molar-refractivity contribution is 14.0. The number of aromatic nitrogens is 3. The summed E-state index contributed by atoms with van der Waals surface area (Å²) in [7, 11) is 0. The highest BCUT2D eigenvalue weighted by atomic mass is 127. The average molecular weight is 527 g/mol. The lowest BCUT2D eigenvalue weighted by Crippen LogP contribution is -2.52. The van der Waals surface area contributed by atoms with Crippen molar-refractivity contribution in [2.24, 2.45) is 4.99 Å². The first kappa shape index (κ1) is 22.8. The molecule has 0 saturated carbocycles. The van der Waals surface area contributed by atoms with Gasteiger partial charge in [0.15, 0.2) is 11.8 Å². The summed E-state index contributed by atoms with van der Waals surface area (Å²) in [6.07, 6.45) is 4.66.